The van der Waals surface area contributed by atoms with Gasteiger partial charge in [-0.3, -0.25) is 4.90 Å². The standard InChI is InChI=1S/C12H20N3/c1-12-2-6-14(7-3-12)10-11-15-8-4-13-5-9-15/h2-3,6-7,13H,4-5,8-11H2,1H3/q+1. The first-order chi connectivity index (χ1) is 7.34. The zero-order chi connectivity index (χ0) is 10.5. The van der Waals surface area contributed by atoms with Crippen LogP contribution in [0.1, 0.15) is 5.56 Å². The molecule has 0 saturated carbocycles. The summed E-state index contributed by atoms with van der Waals surface area (Å²) in [5.74, 6) is 0. The Hall–Kier alpha value is -0.930. The predicted octanol–water partition coefficient (Wildman–Crippen LogP) is 0.188. The first-order valence-electron chi connectivity index (χ1n) is 5.73. The monoisotopic (exact) mass is 206 g/mol. The second kappa shape index (κ2) is 5.24. The molecule has 0 spiro atoms. The highest BCUT2D eigenvalue weighted by Gasteiger charge is 2.10. The third kappa shape index (κ3) is 3.29. The van der Waals surface area contributed by atoms with Crippen LogP contribution >= 0.6 is 0 Å². The predicted molar refractivity (Wildman–Crippen MR) is 60.7 cm³/mol. The Balaban J connectivity index is 1.79. The average molecular weight is 206 g/mol. The number of rotatable bonds is 3. The highest BCUT2D eigenvalue weighted by atomic mass is 15.2. The average Bonchev–Trinajstić information content (AvgIpc) is 2.30. The minimum absolute atomic E-state index is 1.10. The molecule has 15 heavy (non-hydrogen) atoms. The molecule has 0 bridgehead atoms. The van der Waals surface area contributed by atoms with Crippen LogP contribution in [0.25, 0.3) is 0 Å². The van der Waals surface area contributed by atoms with Gasteiger partial charge in [-0.1, -0.05) is 0 Å². The van der Waals surface area contributed by atoms with Crippen molar-refractivity contribution in [2.45, 2.75) is 13.5 Å². The fraction of sp³-hybridized carbons (Fsp3) is 0.583. The fourth-order valence-electron chi connectivity index (χ4n) is 1.87. The zero-order valence-electron chi connectivity index (χ0n) is 9.45. The molecule has 1 aliphatic rings. The number of pyridine rings is 1. The van der Waals surface area contributed by atoms with Crippen LogP contribution in [0, 0.1) is 6.92 Å². The third-order valence-corrected chi connectivity index (χ3v) is 2.94. The van der Waals surface area contributed by atoms with Crippen molar-refractivity contribution < 1.29 is 4.57 Å². The smallest absolute Gasteiger partial charge is 0.169 e. The largest absolute Gasteiger partial charge is 0.314 e. The summed E-state index contributed by atoms with van der Waals surface area (Å²) >= 11 is 0. The number of nitrogens with zero attached hydrogens (tertiary/aromatic N) is 2. The van der Waals surface area contributed by atoms with Gasteiger partial charge < -0.3 is 5.32 Å². The lowest BCUT2D eigenvalue weighted by Gasteiger charge is -2.25. The first-order valence-corrected chi connectivity index (χ1v) is 5.73. The van der Waals surface area contributed by atoms with Crippen molar-refractivity contribution in [3.05, 3.63) is 30.1 Å². The molecule has 2 rings (SSSR count). The maximum atomic E-state index is 3.37. The van der Waals surface area contributed by atoms with Gasteiger partial charge in [0.25, 0.3) is 0 Å². The first kappa shape index (κ1) is 10.6. The van der Waals surface area contributed by atoms with Crippen LogP contribution in [-0.4, -0.2) is 37.6 Å². The van der Waals surface area contributed by atoms with Gasteiger partial charge in [0.1, 0.15) is 0 Å². The SMILES string of the molecule is Cc1cc[n+](CCN2CCNCC2)cc1. The van der Waals surface area contributed by atoms with E-state index in [1.165, 1.54) is 18.7 Å². The van der Waals surface area contributed by atoms with Crippen molar-refractivity contribution in [3.63, 3.8) is 0 Å². The van der Waals surface area contributed by atoms with Gasteiger partial charge in [-0.25, -0.2) is 4.57 Å². The molecule has 0 radical (unpaired) electrons. The molecule has 2 heterocycles. The van der Waals surface area contributed by atoms with E-state index >= 15 is 0 Å². The number of piperazine rings is 1. The van der Waals surface area contributed by atoms with Gasteiger partial charge in [0.15, 0.2) is 18.9 Å². The maximum Gasteiger partial charge on any atom is 0.169 e. The summed E-state index contributed by atoms with van der Waals surface area (Å²) in [7, 11) is 0. The van der Waals surface area contributed by atoms with Gasteiger partial charge in [0.2, 0.25) is 0 Å². The van der Waals surface area contributed by atoms with Crippen LogP contribution in [0.3, 0.4) is 0 Å². The van der Waals surface area contributed by atoms with Crippen molar-refractivity contribution in [3.8, 4) is 0 Å². The number of nitrogens with one attached hydrogen (secondary N) is 1. The van der Waals surface area contributed by atoms with Crippen LogP contribution in [0.5, 0.6) is 0 Å². The van der Waals surface area contributed by atoms with Gasteiger partial charge in [-0.05, 0) is 12.5 Å². The molecular formula is C12H20N3+. The molecule has 0 aromatic carbocycles. The van der Waals surface area contributed by atoms with E-state index in [0.717, 1.165) is 26.2 Å². The molecule has 0 amide bonds. The Morgan fingerprint density at radius 3 is 2.60 bits per heavy atom. The molecular weight excluding hydrogens is 186 g/mol. The van der Waals surface area contributed by atoms with Crippen molar-refractivity contribution in [2.75, 3.05) is 32.7 Å². The normalized spacial score (nSPS) is 17.9. The molecule has 82 valence electrons. The Morgan fingerprint density at radius 1 is 1.27 bits per heavy atom. The number of aromatic nitrogens is 1. The highest BCUT2D eigenvalue weighted by molar-refractivity contribution is 5.03. The molecule has 1 saturated heterocycles. The molecule has 3 heteroatoms. The number of aryl methyl sites for hydroxylation is 1. The van der Waals surface area contributed by atoms with E-state index in [1.54, 1.807) is 0 Å². The van der Waals surface area contributed by atoms with Crippen molar-refractivity contribution >= 4 is 0 Å². The van der Waals surface area contributed by atoms with Crippen LogP contribution in [0.15, 0.2) is 24.5 Å². The summed E-state index contributed by atoms with van der Waals surface area (Å²) in [6.45, 7) is 9.03. The summed E-state index contributed by atoms with van der Waals surface area (Å²) < 4.78 is 2.26. The minimum atomic E-state index is 1.10. The Kier molecular flexibility index (Phi) is 3.69. The summed E-state index contributed by atoms with van der Waals surface area (Å²) in [6.07, 6.45) is 4.33. The Bertz CT molecular complexity index is 288. The second-order valence-electron chi connectivity index (χ2n) is 4.20. The van der Waals surface area contributed by atoms with Crippen LogP contribution in [-0.2, 0) is 6.54 Å². The van der Waals surface area contributed by atoms with Gasteiger partial charge in [0.05, 0.1) is 6.54 Å². The summed E-state index contributed by atoms with van der Waals surface area (Å²) in [5, 5.41) is 3.37. The molecule has 1 fully saturated rings. The van der Waals surface area contributed by atoms with E-state index < -0.39 is 0 Å². The van der Waals surface area contributed by atoms with E-state index in [4.69, 9.17) is 0 Å². The minimum Gasteiger partial charge on any atom is -0.314 e. The lowest BCUT2D eigenvalue weighted by Crippen LogP contribution is -2.47. The number of hydrogen-bond donors (Lipinski definition) is 1. The van der Waals surface area contributed by atoms with Crippen LogP contribution in [0.2, 0.25) is 0 Å². The summed E-state index contributed by atoms with van der Waals surface area (Å²) in [6, 6.07) is 4.33. The van der Waals surface area contributed by atoms with Crippen LogP contribution in [0.4, 0.5) is 0 Å². The molecule has 1 aromatic rings. The summed E-state index contributed by atoms with van der Waals surface area (Å²) in [5.41, 5.74) is 1.33. The second-order valence-corrected chi connectivity index (χ2v) is 4.20. The Labute approximate surface area is 91.7 Å². The Morgan fingerprint density at radius 2 is 1.93 bits per heavy atom. The highest BCUT2D eigenvalue weighted by Crippen LogP contribution is 1.92. The molecule has 1 aromatic heterocycles. The van der Waals surface area contributed by atoms with Crippen molar-refractivity contribution in [2.24, 2.45) is 0 Å². The van der Waals surface area contributed by atoms with Crippen molar-refractivity contribution in [1.82, 2.24) is 10.2 Å². The van der Waals surface area contributed by atoms with E-state index in [2.05, 4.69) is 46.2 Å². The molecule has 3 nitrogen and oxygen atoms in total. The van der Waals surface area contributed by atoms with E-state index in [1.807, 2.05) is 0 Å². The van der Waals surface area contributed by atoms with Gasteiger partial charge in [-0.15, -0.1) is 0 Å². The van der Waals surface area contributed by atoms with E-state index in [9.17, 15) is 0 Å². The lowest BCUT2D eigenvalue weighted by molar-refractivity contribution is -0.696. The molecule has 1 N–H and O–H groups in total. The van der Waals surface area contributed by atoms with Crippen LogP contribution < -0.4 is 9.88 Å². The van der Waals surface area contributed by atoms with E-state index in [-0.39, 0.29) is 0 Å². The molecule has 0 aliphatic carbocycles. The molecule has 1 aliphatic heterocycles. The topological polar surface area (TPSA) is 19.1 Å². The fourth-order valence-corrected chi connectivity index (χ4v) is 1.87. The maximum absolute atomic E-state index is 3.37. The zero-order valence-corrected chi connectivity index (χ0v) is 9.45. The van der Waals surface area contributed by atoms with Gasteiger partial charge >= 0.3 is 0 Å². The van der Waals surface area contributed by atoms with E-state index in [0.29, 0.717) is 0 Å². The van der Waals surface area contributed by atoms with Gasteiger partial charge in [-0.2, -0.15) is 0 Å². The summed E-state index contributed by atoms with van der Waals surface area (Å²) in [4.78, 5) is 2.52. The number of hydrogen-bond acceptors (Lipinski definition) is 2. The third-order valence-electron chi connectivity index (χ3n) is 2.94. The quantitative estimate of drug-likeness (QED) is 0.712. The van der Waals surface area contributed by atoms with Crippen molar-refractivity contribution in [1.29, 1.82) is 0 Å². The van der Waals surface area contributed by atoms with Gasteiger partial charge in [0, 0.05) is 38.3 Å². The molecule has 0 unspecified atom stereocenters. The molecule has 0 atom stereocenters. The lowest BCUT2D eigenvalue weighted by atomic mass is 10.3.